The lowest BCUT2D eigenvalue weighted by molar-refractivity contribution is -0.128. The van der Waals surface area contributed by atoms with Gasteiger partial charge in [-0.1, -0.05) is 6.08 Å². The highest BCUT2D eigenvalue weighted by Crippen LogP contribution is 2.29. The molecule has 1 aromatic heterocycles. The molecule has 5 heteroatoms. The minimum absolute atomic E-state index is 0.128. The Morgan fingerprint density at radius 2 is 2.35 bits per heavy atom. The highest BCUT2D eigenvalue weighted by Gasteiger charge is 2.22. The minimum Gasteiger partial charge on any atom is -0.471 e. The zero-order chi connectivity index (χ0) is 13.9. The van der Waals surface area contributed by atoms with Crippen LogP contribution < -0.4 is 10.1 Å². The summed E-state index contributed by atoms with van der Waals surface area (Å²) in [6, 6.07) is 3.98. The van der Waals surface area contributed by atoms with Gasteiger partial charge in [0.2, 0.25) is 11.8 Å². The molecule has 0 saturated carbocycles. The van der Waals surface area contributed by atoms with Crippen molar-refractivity contribution in [1.82, 2.24) is 15.2 Å². The van der Waals surface area contributed by atoms with E-state index < -0.39 is 0 Å². The maximum atomic E-state index is 11.4. The maximum absolute atomic E-state index is 11.4. The Morgan fingerprint density at radius 1 is 1.50 bits per heavy atom. The van der Waals surface area contributed by atoms with Gasteiger partial charge in [0.1, 0.15) is 6.10 Å². The SMILES string of the molecule is CC(=O)N1CC=C(c2cccnc2OC2CNC2)CC1. The molecule has 3 rings (SSSR count). The highest BCUT2D eigenvalue weighted by atomic mass is 16.5. The van der Waals surface area contributed by atoms with Crippen molar-refractivity contribution >= 4 is 11.5 Å². The summed E-state index contributed by atoms with van der Waals surface area (Å²) in [4.78, 5) is 17.6. The zero-order valence-corrected chi connectivity index (χ0v) is 11.6. The van der Waals surface area contributed by atoms with Crippen LogP contribution in [0.3, 0.4) is 0 Å². The third-order valence-corrected chi connectivity index (χ3v) is 3.79. The quantitative estimate of drug-likeness (QED) is 0.895. The molecule has 0 aromatic carbocycles. The Bertz CT molecular complexity index is 538. The lowest BCUT2D eigenvalue weighted by Gasteiger charge is -2.29. The third-order valence-electron chi connectivity index (χ3n) is 3.79. The number of carbonyl (C=O) groups is 1. The van der Waals surface area contributed by atoms with Crippen LogP contribution in [0.15, 0.2) is 24.4 Å². The molecule has 0 atom stereocenters. The third kappa shape index (κ3) is 2.67. The summed E-state index contributed by atoms with van der Waals surface area (Å²) < 4.78 is 5.91. The molecule has 1 saturated heterocycles. The average molecular weight is 273 g/mol. The van der Waals surface area contributed by atoms with Gasteiger partial charge in [0.25, 0.3) is 0 Å². The number of nitrogens with one attached hydrogen (secondary N) is 1. The van der Waals surface area contributed by atoms with Gasteiger partial charge < -0.3 is 15.0 Å². The van der Waals surface area contributed by atoms with E-state index in [9.17, 15) is 4.79 Å². The molecule has 1 amide bonds. The van der Waals surface area contributed by atoms with Gasteiger partial charge in [-0.05, 0) is 24.1 Å². The van der Waals surface area contributed by atoms with E-state index in [0.29, 0.717) is 12.4 Å². The van der Waals surface area contributed by atoms with Crippen molar-refractivity contribution in [1.29, 1.82) is 0 Å². The van der Waals surface area contributed by atoms with Gasteiger partial charge in [-0.3, -0.25) is 4.79 Å². The van der Waals surface area contributed by atoms with E-state index in [1.165, 1.54) is 5.57 Å². The molecular weight excluding hydrogens is 254 g/mol. The van der Waals surface area contributed by atoms with Gasteiger partial charge in [-0.2, -0.15) is 0 Å². The smallest absolute Gasteiger partial charge is 0.221 e. The summed E-state index contributed by atoms with van der Waals surface area (Å²) in [5.74, 6) is 0.838. The second-order valence-corrected chi connectivity index (χ2v) is 5.20. The van der Waals surface area contributed by atoms with Crippen LogP contribution in [0.2, 0.25) is 0 Å². The molecule has 5 nitrogen and oxygen atoms in total. The van der Waals surface area contributed by atoms with Crippen molar-refractivity contribution in [2.75, 3.05) is 26.2 Å². The van der Waals surface area contributed by atoms with Crippen LogP contribution in [-0.4, -0.2) is 48.1 Å². The fourth-order valence-electron chi connectivity index (χ4n) is 2.43. The second kappa shape index (κ2) is 5.63. The molecule has 2 aliphatic rings. The first-order valence-electron chi connectivity index (χ1n) is 7.01. The second-order valence-electron chi connectivity index (χ2n) is 5.20. The molecule has 0 radical (unpaired) electrons. The van der Waals surface area contributed by atoms with Gasteiger partial charge in [0.15, 0.2) is 0 Å². The number of amides is 1. The normalized spacial score (nSPS) is 19.2. The highest BCUT2D eigenvalue weighted by molar-refractivity contribution is 5.76. The molecule has 0 unspecified atom stereocenters. The molecule has 1 aromatic rings. The minimum atomic E-state index is 0.128. The van der Waals surface area contributed by atoms with E-state index >= 15 is 0 Å². The van der Waals surface area contributed by atoms with Crippen LogP contribution in [0.5, 0.6) is 5.88 Å². The molecule has 20 heavy (non-hydrogen) atoms. The standard InChI is InChI=1S/C15H19N3O2/c1-11(19)18-7-4-12(5-8-18)14-3-2-6-17-15(14)20-13-9-16-10-13/h2-4,6,13,16H,5,7-10H2,1H3. The van der Waals surface area contributed by atoms with Gasteiger partial charge in [-0.25, -0.2) is 4.98 Å². The van der Waals surface area contributed by atoms with Crippen molar-refractivity contribution in [2.45, 2.75) is 19.4 Å². The van der Waals surface area contributed by atoms with Crippen LogP contribution in [0.25, 0.3) is 5.57 Å². The molecule has 2 aliphatic heterocycles. The maximum Gasteiger partial charge on any atom is 0.221 e. The van der Waals surface area contributed by atoms with Crippen LogP contribution in [0.4, 0.5) is 0 Å². The number of nitrogens with zero attached hydrogens (tertiary/aromatic N) is 2. The number of hydrogen-bond acceptors (Lipinski definition) is 4. The molecule has 1 N–H and O–H groups in total. The summed E-state index contributed by atoms with van der Waals surface area (Å²) in [7, 11) is 0. The van der Waals surface area contributed by atoms with Crippen molar-refractivity contribution in [3.8, 4) is 5.88 Å². The predicted molar refractivity (Wildman–Crippen MR) is 76.4 cm³/mol. The number of pyridine rings is 1. The van der Waals surface area contributed by atoms with Crippen molar-refractivity contribution in [2.24, 2.45) is 0 Å². The Morgan fingerprint density at radius 3 is 2.95 bits per heavy atom. The number of hydrogen-bond donors (Lipinski definition) is 1. The van der Waals surface area contributed by atoms with Crippen molar-refractivity contribution in [3.63, 3.8) is 0 Å². The largest absolute Gasteiger partial charge is 0.471 e. The molecule has 1 fully saturated rings. The number of aromatic nitrogens is 1. The summed E-state index contributed by atoms with van der Waals surface area (Å²) in [6.45, 7) is 4.81. The topological polar surface area (TPSA) is 54.5 Å². The van der Waals surface area contributed by atoms with Crippen molar-refractivity contribution in [3.05, 3.63) is 30.0 Å². The first kappa shape index (κ1) is 13.1. The van der Waals surface area contributed by atoms with Crippen molar-refractivity contribution < 1.29 is 9.53 Å². The van der Waals surface area contributed by atoms with Crippen LogP contribution >= 0.6 is 0 Å². The van der Waals surface area contributed by atoms with Gasteiger partial charge in [0, 0.05) is 44.9 Å². The Labute approximate surface area is 118 Å². The Balaban J connectivity index is 1.78. The monoisotopic (exact) mass is 273 g/mol. The van der Waals surface area contributed by atoms with E-state index in [1.54, 1.807) is 13.1 Å². The Hall–Kier alpha value is -1.88. The molecule has 0 bridgehead atoms. The fourth-order valence-corrected chi connectivity index (χ4v) is 2.43. The van der Waals surface area contributed by atoms with E-state index in [1.807, 2.05) is 17.0 Å². The van der Waals surface area contributed by atoms with E-state index in [4.69, 9.17) is 4.74 Å². The average Bonchev–Trinajstić information content (AvgIpc) is 2.43. The summed E-state index contributed by atoms with van der Waals surface area (Å²) in [5, 5.41) is 3.19. The number of carbonyl (C=O) groups excluding carboxylic acids is 1. The molecule has 3 heterocycles. The lowest BCUT2D eigenvalue weighted by Crippen LogP contribution is -2.50. The first-order chi connectivity index (χ1) is 9.74. The zero-order valence-electron chi connectivity index (χ0n) is 11.6. The molecule has 0 spiro atoms. The first-order valence-corrected chi connectivity index (χ1v) is 7.01. The number of ether oxygens (including phenoxy) is 1. The summed E-state index contributed by atoms with van der Waals surface area (Å²) in [6.07, 6.45) is 4.94. The lowest BCUT2D eigenvalue weighted by atomic mass is 10.0. The van der Waals surface area contributed by atoms with Crippen LogP contribution in [-0.2, 0) is 4.79 Å². The predicted octanol–water partition coefficient (Wildman–Crippen LogP) is 1.07. The van der Waals surface area contributed by atoms with Gasteiger partial charge in [0.05, 0.1) is 0 Å². The van der Waals surface area contributed by atoms with E-state index in [0.717, 1.165) is 31.6 Å². The van der Waals surface area contributed by atoms with Crippen LogP contribution in [0, 0.1) is 0 Å². The number of rotatable bonds is 3. The summed E-state index contributed by atoms with van der Waals surface area (Å²) >= 11 is 0. The summed E-state index contributed by atoms with van der Waals surface area (Å²) in [5.41, 5.74) is 2.28. The fraction of sp³-hybridized carbons (Fsp3) is 0.467. The Kier molecular flexibility index (Phi) is 3.69. The van der Waals surface area contributed by atoms with Gasteiger partial charge in [-0.15, -0.1) is 0 Å². The molecular formula is C15H19N3O2. The van der Waals surface area contributed by atoms with Crippen LogP contribution in [0.1, 0.15) is 18.9 Å². The molecule has 0 aliphatic carbocycles. The van der Waals surface area contributed by atoms with E-state index in [-0.39, 0.29) is 12.0 Å². The van der Waals surface area contributed by atoms with Gasteiger partial charge >= 0.3 is 0 Å². The van der Waals surface area contributed by atoms with E-state index in [2.05, 4.69) is 16.4 Å². The molecule has 106 valence electrons.